The van der Waals surface area contributed by atoms with E-state index in [-0.39, 0.29) is 0 Å². The first-order valence-corrected chi connectivity index (χ1v) is 7.58. The molecule has 0 aliphatic carbocycles. The fourth-order valence-electron chi connectivity index (χ4n) is 1.53. The molecule has 0 amide bonds. The Labute approximate surface area is 122 Å². The van der Waals surface area contributed by atoms with Crippen molar-refractivity contribution in [3.05, 3.63) is 42.7 Å². The molecule has 0 saturated heterocycles. The van der Waals surface area contributed by atoms with Gasteiger partial charge in [0.05, 0.1) is 15.2 Å². The summed E-state index contributed by atoms with van der Waals surface area (Å²) in [4.78, 5) is 5.71. The first-order chi connectivity index (χ1) is 8.06. The smallest absolute Gasteiger partial charge is 0.0843 e. The maximum Gasteiger partial charge on any atom is 0.0843 e. The van der Waals surface area contributed by atoms with Gasteiger partial charge in [0.2, 0.25) is 0 Å². The van der Waals surface area contributed by atoms with Crippen molar-refractivity contribution in [2.45, 2.75) is 20.4 Å². The zero-order valence-electron chi connectivity index (χ0n) is 9.55. The maximum atomic E-state index is 4.43. The Kier molecular flexibility index (Phi) is 4.22. The van der Waals surface area contributed by atoms with Gasteiger partial charge in [0.25, 0.3) is 0 Å². The molecule has 2 heterocycles. The predicted molar refractivity (Wildman–Crippen MR) is 80.8 cm³/mol. The van der Waals surface area contributed by atoms with Crippen LogP contribution in [0.5, 0.6) is 0 Å². The number of nitrogens with one attached hydrogen (secondary N) is 1. The third kappa shape index (κ3) is 3.30. The molecule has 2 nitrogen and oxygen atoms in total. The SMILES string of the molecule is Cc1ccc(NCc2cc(Br)c(Br)s2)c(C)n1. The van der Waals surface area contributed by atoms with Crippen LogP contribution in [-0.2, 0) is 6.54 Å². The Bertz CT molecular complexity index is 518. The van der Waals surface area contributed by atoms with Gasteiger partial charge in [-0.05, 0) is 63.9 Å². The van der Waals surface area contributed by atoms with Crippen molar-refractivity contribution in [2.75, 3.05) is 5.32 Å². The monoisotopic (exact) mass is 374 g/mol. The van der Waals surface area contributed by atoms with Crippen molar-refractivity contribution in [1.29, 1.82) is 0 Å². The Morgan fingerprint density at radius 3 is 2.65 bits per heavy atom. The number of pyridine rings is 1. The minimum atomic E-state index is 0.820. The molecule has 2 rings (SSSR count). The Morgan fingerprint density at radius 2 is 2.06 bits per heavy atom. The molecule has 0 saturated carbocycles. The van der Waals surface area contributed by atoms with Gasteiger partial charge < -0.3 is 5.32 Å². The number of hydrogen-bond acceptors (Lipinski definition) is 3. The lowest BCUT2D eigenvalue weighted by Gasteiger charge is -2.08. The van der Waals surface area contributed by atoms with Gasteiger partial charge in [0, 0.05) is 21.6 Å². The molecule has 17 heavy (non-hydrogen) atoms. The predicted octanol–water partition coefficient (Wildman–Crippen LogP) is 4.90. The molecule has 0 unspecified atom stereocenters. The van der Waals surface area contributed by atoms with Crippen LogP contribution in [0.15, 0.2) is 26.5 Å². The van der Waals surface area contributed by atoms with E-state index in [1.165, 1.54) is 4.88 Å². The molecular formula is C12H12Br2N2S. The number of thiophene rings is 1. The molecule has 2 aromatic rings. The highest BCUT2D eigenvalue weighted by Gasteiger charge is 2.05. The average molecular weight is 376 g/mol. The van der Waals surface area contributed by atoms with Crippen molar-refractivity contribution >= 4 is 48.9 Å². The van der Waals surface area contributed by atoms with Crippen LogP contribution in [0.3, 0.4) is 0 Å². The van der Waals surface area contributed by atoms with Gasteiger partial charge in [0.1, 0.15) is 0 Å². The first-order valence-electron chi connectivity index (χ1n) is 5.18. The zero-order valence-corrected chi connectivity index (χ0v) is 13.5. The van der Waals surface area contributed by atoms with E-state index in [9.17, 15) is 0 Å². The molecule has 0 atom stereocenters. The van der Waals surface area contributed by atoms with Gasteiger partial charge in [0.15, 0.2) is 0 Å². The Morgan fingerprint density at radius 1 is 1.29 bits per heavy atom. The fourth-order valence-corrected chi connectivity index (χ4v) is 3.65. The molecule has 0 spiro atoms. The van der Waals surface area contributed by atoms with Gasteiger partial charge in [-0.1, -0.05) is 0 Å². The number of halogens is 2. The third-order valence-electron chi connectivity index (χ3n) is 2.37. The number of aryl methyl sites for hydroxylation is 2. The van der Waals surface area contributed by atoms with Crippen molar-refractivity contribution in [3.63, 3.8) is 0 Å². The van der Waals surface area contributed by atoms with Gasteiger partial charge in [-0.3, -0.25) is 4.98 Å². The quantitative estimate of drug-likeness (QED) is 0.825. The molecule has 0 bridgehead atoms. The van der Waals surface area contributed by atoms with Crippen LogP contribution < -0.4 is 5.32 Å². The van der Waals surface area contributed by atoms with Gasteiger partial charge in [-0.15, -0.1) is 11.3 Å². The minimum absolute atomic E-state index is 0.820. The van der Waals surface area contributed by atoms with Gasteiger partial charge in [-0.25, -0.2) is 0 Å². The summed E-state index contributed by atoms with van der Waals surface area (Å²) in [5.74, 6) is 0. The molecule has 0 aromatic carbocycles. The van der Waals surface area contributed by atoms with Crippen molar-refractivity contribution in [1.82, 2.24) is 4.98 Å². The summed E-state index contributed by atoms with van der Waals surface area (Å²) in [5, 5.41) is 3.40. The first kappa shape index (κ1) is 13.1. The molecule has 90 valence electrons. The largest absolute Gasteiger partial charge is 0.379 e. The highest BCUT2D eigenvalue weighted by atomic mass is 79.9. The molecule has 0 aliphatic rings. The third-order valence-corrected chi connectivity index (χ3v) is 5.63. The maximum absolute atomic E-state index is 4.43. The van der Waals surface area contributed by atoms with Crippen LogP contribution in [0.1, 0.15) is 16.3 Å². The molecular weight excluding hydrogens is 364 g/mol. The molecule has 2 aromatic heterocycles. The van der Waals surface area contributed by atoms with E-state index >= 15 is 0 Å². The summed E-state index contributed by atoms with van der Waals surface area (Å²) in [6.07, 6.45) is 0. The number of anilines is 1. The Hall–Kier alpha value is -0.390. The number of hydrogen-bond donors (Lipinski definition) is 1. The number of nitrogens with zero attached hydrogens (tertiary/aromatic N) is 1. The van der Waals surface area contributed by atoms with E-state index in [1.807, 2.05) is 19.9 Å². The van der Waals surface area contributed by atoms with E-state index in [2.05, 4.69) is 54.3 Å². The second kappa shape index (κ2) is 5.50. The zero-order chi connectivity index (χ0) is 12.4. The second-order valence-electron chi connectivity index (χ2n) is 3.77. The van der Waals surface area contributed by atoms with Crippen molar-refractivity contribution in [3.8, 4) is 0 Å². The standard InChI is InChI=1S/C12H12Br2N2S/c1-7-3-4-11(8(2)16-7)15-6-9-5-10(13)12(14)17-9/h3-5,15H,6H2,1-2H3. The van der Waals surface area contributed by atoms with Crippen molar-refractivity contribution < 1.29 is 0 Å². The minimum Gasteiger partial charge on any atom is -0.379 e. The normalized spacial score (nSPS) is 10.6. The van der Waals surface area contributed by atoms with Crippen molar-refractivity contribution in [2.24, 2.45) is 0 Å². The molecule has 0 radical (unpaired) electrons. The summed E-state index contributed by atoms with van der Waals surface area (Å²) in [7, 11) is 0. The highest BCUT2D eigenvalue weighted by molar-refractivity contribution is 9.13. The topological polar surface area (TPSA) is 24.9 Å². The summed E-state index contributed by atoms with van der Waals surface area (Å²) < 4.78 is 2.24. The van der Waals surface area contributed by atoms with E-state index in [0.717, 1.165) is 31.9 Å². The average Bonchev–Trinajstić information content (AvgIpc) is 2.57. The van der Waals surface area contributed by atoms with E-state index < -0.39 is 0 Å². The van der Waals surface area contributed by atoms with Crippen LogP contribution in [0, 0.1) is 13.8 Å². The van der Waals surface area contributed by atoms with Crippen LogP contribution in [0.4, 0.5) is 5.69 Å². The Balaban J connectivity index is 2.07. The van der Waals surface area contributed by atoms with Crippen LogP contribution in [0.2, 0.25) is 0 Å². The lowest BCUT2D eigenvalue weighted by Crippen LogP contribution is -2.01. The fraction of sp³-hybridized carbons (Fsp3) is 0.250. The number of rotatable bonds is 3. The molecule has 0 aliphatic heterocycles. The second-order valence-corrected chi connectivity index (χ2v) is 7.08. The summed E-state index contributed by atoms with van der Waals surface area (Å²) >= 11 is 8.72. The molecule has 5 heteroatoms. The summed E-state index contributed by atoms with van der Waals surface area (Å²) in [6, 6.07) is 6.23. The summed E-state index contributed by atoms with van der Waals surface area (Å²) in [5.41, 5.74) is 3.19. The number of aromatic nitrogens is 1. The van der Waals surface area contributed by atoms with Gasteiger partial charge >= 0.3 is 0 Å². The van der Waals surface area contributed by atoms with E-state index in [1.54, 1.807) is 11.3 Å². The lowest BCUT2D eigenvalue weighted by molar-refractivity contribution is 1.09. The molecule has 0 fully saturated rings. The van der Waals surface area contributed by atoms with E-state index in [4.69, 9.17) is 0 Å². The lowest BCUT2D eigenvalue weighted by atomic mass is 10.2. The summed E-state index contributed by atoms with van der Waals surface area (Å²) in [6.45, 7) is 4.85. The van der Waals surface area contributed by atoms with Crippen LogP contribution in [-0.4, -0.2) is 4.98 Å². The molecule has 1 N–H and O–H groups in total. The van der Waals surface area contributed by atoms with Gasteiger partial charge in [-0.2, -0.15) is 0 Å². The van der Waals surface area contributed by atoms with Crippen LogP contribution in [0.25, 0.3) is 0 Å². The van der Waals surface area contributed by atoms with E-state index in [0.29, 0.717) is 0 Å². The van der Waals surface area contributed by atoms with Crippen LogP contribution >= 0.6 is 43.2 Å². The highest BCUT2D eigenvalue weighted by Crippen LogP contribution is 2.32.